The Hall–Kier alpha value is -2.90. The van der Waals surface area contributed by atoms with Gasteiger partial charge in [-0.1, -0.05) is 37.3 Å². The summed E-state index contributed by atoms with van der Waals surface area (Å²) in [6, 6.07) is 7.12. The molecule has 1 heterocycles. The van der Waals surface area contributed by atoms with Crippen LogP contribution in [0.1, 0.15) is 52.5 Å². The summed E-state index contributed by atoms with van der Waals surface area (Å²) in [5.41, 5.74) is -5.57. The van der Waals surface area contributed by atoms with Crippen molar-refractivity contribution < 1.29 is 35.5 Å². The fraction of sp³-hybridized carbons (Fsp3) is 0.263. The van der Waals surface area contributed by atoms with Crippen molar-refractivity contribution in [2.75, 3.05) is 0 Å². The van der Waals surface area contributed by atoms with Crippen molar-refractivity contribution in [2.45, 2.75) is 31.7 Å². The van der Waals surface area contributed by atoms with Gasteiger partial charge in [-0.2, -0.15) is 21.6 Å². The molecule has 2 aromatic rings. The van der Waals surface area contributed by atoms with E-state index < -0.39 is 27.4 Å². The number of hydrogen-bond donors (Lipinski definition) is 0. The van der Waals surface area contributed by atoms with Gasteiger partial charge in [0.25, 0.3) is 11.8 Å². The van der Waals surface area contributed by atoms with Crippen molar-refractivity contribution in [3.63, 3.8) is 0 Å². The van der Waals surface area contributed by atoms with E-state index in [-0.39, 0.29) is 21.6 Å². The number of carbonyl (C=O) groups is 2. The SMILES string of the molecule is CCCCC#Cc1ccc2c3c(cccc13)C(=O)N(OS(=O)(=O)C(F)(F)F)C2=O. The summed E-state index contributed by atoms with van der Waals surface area (Å²) in [7, 11) is -6.20. The van der Waals surface area contributed by atoms with Gasteiger partial charge < -0.3 is 0 Å². The summed E-state index contributed by atoms with van der Waals surface area (Å²) in [6.45, 7) is 2.02. The molecule has 1 aliphatic rings. The van der Waals surface area contributed by atoms with Gasteiger partial charge in [-0.3, -0.25) is 9.59 Å². The predicted molar refractivity (Wildman–Crippen MR) is 96.9 cm³/mol. The summed E-state index contributed by atoms with van der Waals surface area (Å²) in [5, 5.41) is 0.269. The van der Waals surface area contributed by atoms with Gasteiger partial charge in [0, 0.05) is 17.4 Å². The predicted octanol–water partition coefficient (Wildman–Crippen LogP) is 3.76. The summed E-state index contributed by atoms with van der Waals surface area (Å²) in [5.74, 6) is 3.33. The molecule has 0 saturated heterocycles. The number of halogens is 3. The Bertz CT molecular complexity index is 1150. The van der Waals surface area contributed by atoms with Crippen molar-refractivity contribution >= 4 is 32.7 Å². The minimum absolute atomic E-state index is 0.160. The third-order valence-electron chi connectivity index (χ3n) is 4.20. The first-order chi connectivity index (χ1) is 13.6. The van der Waals surface area contributed by atoms with Crippen LogP contribution in [0, 0.1) is 11.8 Å². The van der Waals surface area contributed by atoms with Crippen molar-refractivity contribution in [3.8, 4) is 11.8 Å². The number of alkyl halides is 3. The van der Waals surface area contributed by atoms with E-state index >= 15 is 0 Å². The normalized spacial score (nSPS) is 14.1. The molecule has 1 aliphatic heterocycles. The fourth-order valence-corrected chi connectivity index (χ4v) is 3.23. The summed E-state index contributed by atoms with van der Waals surface area (Å²) >= 11 is 0. The average Bonchev–Trinajstić information content (AvgIpc) is 2.66. The van der Waals surface area contributed by atoms with E-state index in [2.05, 4.69) is 16.1 Å². The average molecular weight is 425 g/mol. The summed E-state index contributed by atoms with van der Waals surface area (Å²) < 4.78 is 64.2. The molecule has 0 unspecified atom stereocenters. The minimum atomic E-state index is -6.20. The van der Waals surface area contributed by atoms with Gasteiger partial charge in [0.2, 0.25) is 0 Å². The molecular formula is C19H14F3NO5S. The molecule has 2 amide bonds. The van der Waals surface area contributed by atoms with Gasteiger partial charge >= 0.3 is 15.6 Å². The molecule has 0 radical (unpaired) electrons. The maximum atomic E-state index is 12.6. The van der Waals surface area contributed by atoms with Crippen molar-refractivity contribution in [1.82, 2.24) is 5.06 Å². The largest absolute Gasteiger partial charge is 0.525 e. The van der Waals surface area contributed by atoms with Crippen LogP contribution in [0.3, 0.4) is 0 Å². The number of imide groups is 1. The van der Waals surface area contributed by atoms with E-state index in [0.717, 1.165) is 12.8 Å². The highest BCUT2D eigenvalue weighted by molar-refractivity contribution is 7.87. The Morgan fingerprint density at radius 1 is 1.07 bits per heavy atom. The zero-order valence-corrected chi connectivity index (χ0v) is 15.9. The van der Waals surface area contributed by atoms with Gasteiger partial charge in [0.05, 0.1) is 11.1 Å². The van der Waals surface area contributed by atoms with Crippen LogP contribution in [-0.4, -0.2) is 30.8 Å². The van der Waals surface area contributed by atoms with E-state index in [4.69, 9.17) is 0 Å². The number of unbranched alkanes of at least 4 members (excludes halogenated alkanes) is 2. The Morgan fingerprint density at radius 3 is 2.34 bits per heavy atom. The first kappa shape index (κ1) is 20.8. The molecule has 10 heteroatoms. The molecule has 0 aliphatic carbocycles. The molecule has 3 rings (SSSR count). The van der Waals surface area contributed by atoms with E-state index in [1.807, 2.05) is 6.92 Å². The van der Waals surface area contributed by atoms with E-state index in [1.54, 1.807) is 6.07 Å². The second-order valence-corrected chi connectivity index (χ2v) is 7.69. The number of rotatable bonds is 4. The fourth-order valence-electron chi connectivity index (χ4n) is 2.81. The third-order valence-corrected chi connectivity index (χ3v) is 5.12. The van der Waals surface area contributed by atoms with Crippen LogP contribution in [0.2, 0.25) is 0 Å². The van der Waals surface area contributed by atoms with Crippen molar-refractivity contribution in [3.05, 3.63) is 47.0 Å². The van der Waals surface area contributed by atoms with Crippen molar-refractivity contribution in [1.29, 1.82) is 0 Å². The summed E-state index contributed by atoms with van der Waals surface area (Å²) in [4.78, 5) is 25.1. The highest BCUT2D eigenvalue weighted by Gasteiger charge is 2.51. The molecule has 0 bridgehead atoms. The number of benzene rings is 2. The molecule has 0 aromatic heterocycles. The van der Waals surface area contributed by atoms with Gasteiger partial charge in [-0.25, -0.2) is 0 Å². The summed E-state index contributed by atoms with van der Waals surface area (Å²) in [6.07, 6.45) is 2.54. The quantitative estimate of drug-likeness (QED) is 0.323. The Kier molecular flexibility index (Phi) is 5.38. The second-order valence-electron chi connectivity index (χ2n) is 6.17. The van der Waals surface area contributed by atoms with Gasteiger partial charge in [-0.05, 0) is 30.0 Å². The first-order valence-electron chi connectivity index (χ1n) is 8.52. The molecule has 29 heavy (non-hydrogen) atoms. The van der Waals surface area contributed by atoms with Crippen LogP contribution in [0.15, 0.2) is 30.3 Å². The van der Waals surface area contributed by atoms with Gasteiger partial charge in [-0.15, -0.1) is 9.35 Å². The third kappa shape index (κ3) is 3.71. The van der Waals surface area contributed by atoms with E-state index in [9.17, 15) is 31.2 Å². The lowest BCUT2D eigenvalue weighted by atomic mass is 9.92. The van der Waals surface area contributed by atoms with Crippen LogP contribution in [0.4, 0.5) is 13.2 Å². The van der Waals surface area contributed by atoms with Crippen LogP contribution >= 0.6 is 0 Å². The molecule has 0 fully saturated rings. The van der Waals surface area contributed by atoms with Crippen LogP contribution in [0.5, 0.6) is 0 Å². The zero-order valence-electron chi connectivity index (χ0n) is 15.0. The highest BCUT2D eigenvalue weighted by atomic mass is 32.2. The molecule has 0 spiro atoms. The van der Waals surface area contributed by atoms with E-state index in [0.29, 0.717) is 17.4 Å². The zero-order chi connectivity index (χ0) is 21.4. The Morgan fingerprint density at radius 2 is 1.72 bits per heavy atom. The van der Waals surface area contributed by atoms with Gasteiger partial charge in [0.1, 0.15) is 0 Å². The molecule has 152 valence electrons. The van der Waals surface area contributed by atoms with Crippen LogP contribution in [0.25, 0.3) is 10.8 Å². The van der Waals surface area contributed by atoms with Crippen LogP contribution < -0.4 is 0 Å². The topological polar surface area (TPSA) is 80.8 Å². The maximum Gasteiger partial charge on any atom is 0.525 e. The Balaban J connectivity index is 2.09. The molecule has 0 N–H and O–H groups in total. The molecule has 6 nitrogen and oxygen atoms in total. The number of nitrogens with zero attached hydrogens (tertiary/aromatic N) is 1. The minimum Gasteiger partial charge on any atom is -0.266 e. The molecular weight excluding hydrogens is 411 g/mol. The Labute approximate surface area is 164 Å². The first-order valence-corrected chi connectivity index (χ1v) is 9.93. The number of hydroxylamine groups is 2. The van der Waals surface area contributed by atoms with Crippen molar-refractivity contribution in [2.24, 2.45) is 0 Å². The molecule has 0 atom stereocenters. The van der Waals surface area contributed by atoms with E-state index in [1.165, 1.54) is 24.3 Å². The van der Waals surface area contributed by atoms with Gasteiger partial charge in [0.15, 0.2) is 0 Å². The maximum absolute atomic E-state index is 12.6. The van der Waals surface area contributed by atoms with Crippen LogP contribution in [-0.2, 0) is 14.4 Å². The monoisotopic (exact) mass is 425 g/mol. The number of carbonyl (C=O) groups excluding carboxylic acids is 2. The molecule has 0 saturated carbocycles. The lowest BCUT2D eigenvalue weighted by molar-refractivity contribution is -0.0761. The molecule has 2 aromatic carbocycles. The highest BCUT2D eigenvalue weighted by Crippen LogP contribution is 2.34. The second kappa shape index (κ2) is 7.50. The standard InChI is InChI=1S/C19H14F3NO5S/c1-2-3-4-5-7-12-10-11-15-16-13(12)8-6-9-14(16)17(24)23(18(15)25)28-29(26,27)19(20,21)22/h6,8-11H,2-4H2,1H3. The lowest BCUT2D eigenvalue weighted by Gasteiger charge is -2.25. The smallest absolute Gasteiger partial charge is 0.266 e. The lowest BCUT2D eigenvalue weighted by Crippen LogP contribution is -2.44. The number of amides is 2. The number of hydrogen-bond acceptors (Lipinski definition) is 5.